The van der Waals surface area contributed by atoms with Crippen LogP contribution in [0.3, 0.4) is 0 Å². The average Bonchev–Trinajstić information content (AvgIpc) is 3.18. The van der Waals surface area contributed by atoms with Crippen molar-refractivity contribution in [1.29, 1.82) is 0 Å². The monoisotopic (exact) mass is 404 g/mol. The van der Waals surface area contributed by atoms with Gasteiger partial charge in [0.1, 0.15) is 5.65 Å². The number of hydrogen-bond donors (Lipinski definition) is 0. The van der Waals surface area contributed by atoms with Gasteiger partial charge in [-0.15, -0.1) is 5.10 Å². The van der Waals surface area contributed by atoms with Crippen LogP contribution in [-0.4, -0.2) is 19.2 Å². The van der Waals surface area contributed by atoms with E-state index in [4.69, 9.17) is 28.8 Å². The van der Waals surface area contributed by atoms with E-state index in [9.17, 15) is 0 Å². The molecule has 4 rings (SSSR count). The average molecular weight is 405 g/mol. The second-order valence-electron chi connectivity index (χ2n) is 5.47. The second-order valence-corrected chi connectivity index (χ2v) is 8.75. The zero-order chi connectivity index (χ0) is 17.4. The van der Waals surface area contributed by atoms with Crippen molar-refractivity contribution in [2.45, 2.75) is 17.0 Å². The van der Waals surface area contributed by atoms with E-state index in [2.05, 4.69) is 28.7 Å². The number of benzene rings is 1. The van der Waals surface area contributed by atoms with Crippen molar-refractivity contribution in [1.82, 2.24) is 19.2 Å². The van der Waals surface area contributed by atoms with Crippen LogP contribution in [0, 0.1) is 10.9 Å². The summed E-state index contributed by atoms with van der Waals surface area (Å²) in [5.74, 6) is 0.754. The normalized spacial score (nSPS) is 11.3. The number of fused-ring (bicyclic) bond motifs is 1. The summed E-state index contributed by atoms with van der Waals surface area (Å²) in [6.07, 6.45) is 4.08. The van der Waals surface area contributed by atoms with Gasteiger partial charge in [-0.1, -0.05) is 40.8 Å². The van der Waals surface area contributed by atoms with Crippen molar-refractivity contribution in [3.8, 4) is 5.69 Å². The Balaban J connectivity index is 1.55. The molecule has 4 aromatic rings. The fourth-order valence-electron chi connectivity index (χ4n) is 2.47. The van der Waals surface area contributed by atoms with Crippen molar-refractivity contribution in [3.63, 3.8) is 0 Å². The van der Waals surface area contributed by atoms with Gasteiger partial charge in [-0.2, -0.15) is 0 Å². The van der Waals surface area contributed by atoms with E-state index in [1.54, 1.807) is 16.4 Å². The first kappa shape index (κ1) is 16.8. The van der Waals surface area contributed by atoms with E-state index >= 15 is 0 Å². The van der Waals surface area contributed by atoms with Gasteiger partial charge < -0.3 is 4.40 Å². The molecule has 8 heteroatoms. The molecule has 25 heavy (non-hydrogen) atoms. The Morgan fingerprint density at radius 1 is 1.24 bits per heavy atom. The Morgan fingerprint density at radius 3 is 2.80 bits per heavy atom. The first-order valence-corrected chi connectivity index (χ1v) is 10.1. The van der Waals surface area contributed by atoms with Crippen molar-refractivity contribution in [2.75, 3.05) is 0 Å². The summed E-state index contributed by atoms with van der Waals surface area (Å²) >= 11 is 14.5. The van der Waals surface area contributed by atoms with Gasteiger partial charge in [-0.3, -0.25) is 0 Å². The van der Waals surface area contributed by atoms with Crippen LogP contribution in [0.25, 0.3) is 11.3 Å². The number of nitrogens with zero attached hydrogens (tertiary/aromatic N) is 4. The molecule has 0 atom stereocenters. The first-order chi connectivity index (χ1) is 12.1. The van der Waals surface area contributed by atoms with Crippen LogP contribution in [0.1, 0.15) is 11.3 Å². The Morgan fingerprint density at radius 2 is 2.04 bits per heavy atom. The summed E-state index contributed by atoms with van der Waals surface area (Å²) in [4.78, 5) is 4.70. The molecular weight excluding hydrogens is 392 g/mol. The van der Waals surface area contributed by atoms with Crippen LogP contribution in [0.15, 0.2) is 53.1 Å². The topological polar surface area (TPSA) is 35.1 Å². The fourth-order valence-corrected chi connectivity index (χ4v) is 4.85. The number of halogens is 1. The molecular formula is C17H13ClN4S3. The highest BCUT2D eigenvalue weighted by Crippen LogP contribution is 2.27. The molecule has 0 bridgehead atoms. The molecule has 0 radical (unpaired) electrons. The third kappa shape index (κ3) is 3.50. The minimum Gasteiger partial charge on any atom is -0.307 e. The maximum absolute atomic E-state index is 5.94. The van der Waals surface area contributed by atoms with Crippen molar-refractivity contribution >= 4 is 52.6 Å². The Hall–Kier alpha value is -1.67. The molecule has 0 unspecified atom stereocenters. The van der Waals surface area contributed by atoms with Gasteiger partial charge in [0.2, 0.25) is 0 Å². The van der Waals surface area contributed by atoms with Crippen LogP contribution in [0.4, 0.5) is 0 Å². The molecule has 126 valence electrons. The third-order valence-corrected chi connectivity index (χ3v) is 6.32. The standard InChI is InChI=1S/C17H13ClN4S3/c1-11-3-2-8-21-9-13(19-15(11)21)10-24-16-20-22(17(23)25-16)14-6-4-12(18)5-7-14/h2-9H,10H2,1H3. The van der Waals surface area contributed by atoms with Gasteiger partial charge >= 0.3 is 0 Å². The fraction of sp³-hybridized carbons (Fsp3) is 0.118. The van der Waals surface area contributed by atoms with E-state index < -0.39 is 0 Å². The number of rotatable bonds is 4. The highest BCUT2D eigenvalue weighted by molar-refractivity contribution is 8.00. The lowest BCUT2D eigenvalue weighted by Gasteiger charge is -2.00. The van der Waals surface area contributed by atoms with Crippen LogP contribution in [0.5, 0.6) is 0 Å². The number of thioether (sulfide) groups is 1. The van der Waals surface area contributed by atoms with E-state index in [0.29, 0.717) is 5.02 Å². The largest absolute Gasteiger partial charge is 0.307 e. The molecule has 3 aromatic heterocycles. The summed E-state index contributed by atoms with van der Waals surface area (Å²) in [5.41, 5.74) is 4.11. The van der Waals surface area contributed by atoms with Crippen molar-refractivity contribution in [3.05, 3.63) is 69.0 Å². The number of pyridine rings is 1. The summed E-state index contributed by atoms with van der Waals surface area (Å²) in [6, 6.07) is 11.6. The summed E-state index contributed by atoms with van der Waals surface area (Å²) < 4.78 is 5.47. The predicted molar refractivity (Wildman–Crippen MR) is 107 cm³/mol. The first-order valence-electron chi connectivity index (χ1n) is 7.52. The molecule has 4 nitrogen and oxygen atoms in total. The molecule has 0 aliphatic carbocycles. The molecule has 1 aromatic carbocycles. The lowest BCUT2D eigenvalue weighted by Crippen LogP contribution is -1.95. The molecule has 0 spiro atoms. The van der Waals surface area contributed by atoms with Crippen LogP contribution in [0.2, 0.25) is 5.02 Å². The second kappa shape index (κ2) is 6.92. The Labute approximate surface area is 163 Å². The van der Waals surface area contributed by atoms with Gasteiger partial charge in [-0.05, 0) is 55.0 Å². The number of aromatic nitrogens is 4. The van der Waals surface area contributed by atoms with Gasteiger partial charge in [0, 0.05) is 23.2 Å². The van der Waals surface area contributed by atoms with E-state index in [1.165, 1.54) is 16.9 Å². The smallest absolute Gasteiger partial charge is 0.184 e. The molecule has 0 N–H and O–H groups in total. The van der Waals surface area contributed by atoms with E-state index in [1.807, 2.05) is 36.5 Å². The minimum absolute atomic E-state index is 0.697. The predicted octanol–water partition coefficient (Wildman–Crippen LogP) is 5.57. The third-order valence-electron chi connectivity index (χ3n) is 3.67. The summed E-state index contributed by atoms with van der Waals surface area (Å²) in [5, 5.41) is 5.31. The van der Waals surface area contributed by atoms with Gasteiger partial charge in [-0.25, -0.2) is 9.67 Å². The number of aryl methyl sites for hydroxylation is 1. The number of imidazole rings is 1. The van der Waals surface area contributed by atoms with Crippen molar-refractivity contribution < 1.29 is 0 Å². The lowest BCUT2D eigenvalue weighted by atomic mass is 10.3. The summed E-state index contributed by atoms with van der Waals surface area (Å²) in [7, 11) is 0. The maximum atomic E-state index is 5.94. The van der Waals surface area contributed by atoms with Crippen molar-refractivity contribution in [2.24, 2.45) is 0 Å². The zero-order valence-electron chi connectivity index (χ0n) is 13.2. The molecule has 0 fully saturated rings. The van der Waals surface area contributed by atoms with Crippen LogP contribution in [-0.2, 0) is 5.75 Å². The Kier molecular flexibility index (Phi) is 4.64. The molecule has 0 aliphatic rings. The maximum Gasteiger partial charge on any atom is 0.184 e. The Bertz CT molecular complexity index is 1100. The molecule has 0 aliphatic heterocycles. The summed E-state index contributed by atoms with van der Waals surface area (Å²) in [6.45, 7) is 2.07. The number of hydrogen-bond acceptors (Lipinski definition) is 5. The molecule has 3 heterocycles. The van der Waals surface area contributed by atoms with Crippen LogP contribution < -0.4 is 0 Å². The highest BCUT2D eigenvalue weighted by Gasteiger charge is 2.09. The van der Waals surface area contributed by atoms with Gasteiger partial charge in [0.05, 0.1) is 11.4 Å². The van der Waals surface area contributed by atoms with Gasteiger partial charge in [0.15, 0.2) is 8.29 Å². The van der Waals surface area contributed by atoms with Crippen LogP contribution >= 0.6 is 46.9 Å². The quantitative estimate of drug-likeness (QED) is 0.329. The SMILES string of the molecule is Cc1cccn2cc(CSc3nn(-c4ccc(Cl)cc4)c(=S)s3)nc12. The molecule has 0 saturated heterocycles. The molecule has 0 amide bonds. The minimum atomic E-state index is 0.697. The van der Waals surface area contributed by atoms with Gasteiger partial charge in [0.25, 0.3) is 0 Å². The lowest BCUT2D eigenvalue weighted by molar-refractivity contribution is 0.829. The van der Waals surface area contributed by atoms with E-state index in [0.717, 1.165) is 31.1 Å². The molecule has 0 saturated carbocycles. The van der Waals surface area contributed by atoms with E-state index in [-0.39, 0.29) is 0 Å². The zero-order valence-corrected chi connectivity index (χ0v) is 16.4. The highest BCUT2D eigenvalue weighted by atomic mass is 35.5.